The second kappa shape index (κ2) is 9.48. The zero-order valence-electron chi connectivity index (χ0n) is 19.8. The molecule has 0 radical (unpaired) electrons. The average molecular weight is 479 g/mol. The van der Waals surface area contributed by atoms with Crippen LogP contribution < -0.4 is 25.0 Å². The van der Waals surface area contributed by atoms with Crippen LogP contribution in [0.25, 0.3) is 0 Å². The Hall–Kier alpha value is -3.75. The lowest BCUT2D eigenvalue weighted by molar-refractivity contribution is -0.133. The Bertz CT molecular complexity index is 1130. The maximum Gasteiger partial charge on any atom is 0.325 e. The molecule has 2 fully saturated rings. The first kappa shape index (κ1) is 23.0. The van der Waals surface area contributed by atoms with Gasteiger partial charge in [0.25, 0.3) is 5.91 Å². The van der Waals surface area contributed by atoms with Gasteiger partial charge in [-0.3, -0.25) is 14.5 Å². The van der Waals surface area contributed by atoms with Gasteiger partial charge in [-0.1, -0.05) is 6.07 Å². The van der Waals surface area contributed by atoms with Gasteiger partial charge in [0.15, 0.2) is 11.5 Å². The number of imide groups is 1. The summed E-state index contributed by atoms with van der Waals surface area (Å²) < 4.78 is 11.4. The van der Waals surface area contributed by atoms with Gasteiger partial charge >= 0.3 is 6.03 Å². The maximum absolute atomic E-state index is 13.3. The molecule has 5 rings (SSSR count). The molecule has 2 saturated heterocycles. The van der Waals surface area contributed by atoms with E-state index >= 15 is 0 Å². The number of carbonyl (C=O) groups excluding carboxylic acids is 3. The molecule has 35 heavy (non-hydrogen) atoms. The molecule has 0 aromatic heterocycles. The number of carbonyl (C=O) groups is 3. The Morgan fingerprint density at radius 2 is 1.69 bits per heavy atom. The summed E-state index contributed by atoms with van der Waals surface area (Å²) >= 11 is 0. The van der Waals surface area contributed by atoms with Crippen molar-refractivity contribution in [3.05, 3.63) is 48.0 Å². The molecule has 9 nitrogen and oxygen atoms in total. The monoisotopic (exact) mass is 478 g/mol. The molecule has 0 saturated carbocycles. The predicted molar refractivity (Wildman–Crippen MR) is 131 cm³/mol. The zero-order valence-corrected chi connectivity index (χ0v) is 19.8. The lowest BCUT2D eigenvalue weighted by Gasteiger charge is -2.28. The minimum absolute atomic E-state index is 0.376. The highest BCUT2D eigenvalue weighted by atomic mass is 16.5. The van der Waals surface area contributed by atoms with Crippen LogP contribution in [-0.4, -0.2) is 55.6 Å². The van der Waals surface area contributed by atoms with Gasteiger partial charge in [-0.2, -0.15) is 0 Å². The molecule has 0 aliphatic carbocycles. The van der Waals surface area contributed by atoms with E-state index in [-0.39, 0.29) is 6.54 Å². The van der Waals surface area contributed by atoms with E-state index in [1.165, 1.54) is 19.3 Å². The van der Waals surface area contributed by atoms with Gasteiger partial charge in [0.1, 0.15) is 12.1 Å². The van der Waals surface area contributed by atoms with Crippen LogP contribution in [0.15, 0.2) is 42.5 Å². The number of nitrogens with zero attached hydrogens (tertiary/aromatic N) is 2. The van der Waals surface area contributed by atoms with Crippen molar-refractivity contribution in [2.24, 2.45) is 0 Å². The first-order valence-electron chi connectivity index (χ1n) is 12.1. The fourth-order valence-electron chi connectivity index (χ4n) is 4.76. The van der Waals surface area contributed by atoms with Gasteiger partial charge in [-0.25, -0.2) is 4.79 Å². The van der Waals surface area contributed by atoms with Gasteiger partial charge < -0.3 is 25.0 Å². The highest BCUT2D eigenvalue weighted by Crippen LogP contribution is 2.36. The number of benzene rings is 2. The molecule has 1 unspecified atom stereocenters. The number of hydrogen-bond donors (Lipinski definition) is 2. The summed E-state index contributed by atoms with van der Waals surface area (Å²) in [4.78, 5) is 41.9. The van der Waals surface area contributed by atoms with Crippen LogP contribution >= 0.6 is 0 Å². The predicted octanol–water partition coefficient (Wildman–Crippen LogP) is 3.24. The van der Waals surface area contributed by atoms with E-state index in [1.54, 1.807) is 25.1 Å². The van der Waals surface area contributed by atoms with Crippen LogP contribution in [0.4, 0.5) is 16.2 Å². The smallest absolute Gasteiger partial charge is 0.325 e. The van der Waals surface area contributed by atoms with Crippen molar-refractivity contribution in [2.75, 3.05) is 43.1 Å². The van der Waals surface area contributed by atoms with E-state index in [4.69, 9.17) is 9.47 Å². The third-order valence-corrected chi connectivity index (χ3v) is 6.77. The minimum atomic E-state index is -1.31. The number of anilines is 2. The van der Waals surface area contributed by atoms with Crippen molar-refractivity contribution in [3.8, 4) is 11.5 Å². The number of amides is 4. The summed E-state index contributed by atoms with van der Waals surface area (Å²) in [7, 11) is 0. The molecular formula is C26H30N4O5. The number of nitrogens with one attached hydrogen (secondary N) is 2. The number of rotatable bonds is 5. The maximum atomic E-state index is 13.3. The van der Waals surface area contributed by atoms with Gasteiger partial charge in [-0.05, 0) is 68.1 Å². The van der Waals surface area contributed by atoms with E-state index in [9.17, 15) is 14.4 Å². The molecule has 3 aliphatic heterocycles. The molecule has 0 spiro atoms. The normalized spacial score (nSPS) is 22.0. The Morgan fingerprint density at radius 1 is 0.971 bits per heavy atom. The van der Waals surface area contributed by atoms with Crippen LogP contribution in [0.1, 0.15) is 38.2 Å². The summed E-state index contributed by atoms with van der Waals surface area (Å²) in [6, 6.07) is 12.2. The lowest BCUT2D eigenvalue weighted by Crippen LogP contribution is -2.42. The van der Waals surface area contributed by atoms with Gasteiger partial charge in [0, 0.05) is 30.9 Å². The molecule has 184 valence electrons. The Kier molecular flexibility index (Phi) is 6.23. The summed E-state index contributed by atoms with van der Waals surface area (Å²) in [5, 5.41) is 5.52. The number of ether oxygens (including phenoxy) is 2. The van der Waals surface area contributed by atoms with Crippen molar-refractivity contribution in [1.29, 1.82) is 0 Å². The van der Waals surface area contributed by atoms with Gasteiger partial charge in [0.2, 0.25) is 5.91 Å². The largest absolute Gasteiger partial charge is 0.490 e. The van der Waals surface area contributed by atoms with Crippen molar-refractivity contribution < 1.29 is 23.9 Å². The van der Waals surface area contributed by atoms with Crippen LogP contribution in [0.3, 0.4) is 0 Å². The van der Waals surface area contributed by atoms with Crippen LogP contribution in [0.2, 0.25) is 0 Å². The first-order valence-corrected chi connectivity index (χ1v) is 12.1. The third kappa shape index (κ3) is 4.62. The molecule has 1 atom stereocenters. The van der Waals surface area contributed by atoms with E-state index in [1.807, 2.05) is 24.3 Å². The molecular weight excluding hydrogens is 448 g/mol. The quantitative estimate of drug-likeness (QED) is 0.640. The van der Waals surface area contributed by atoms with Crippen LogP contribution in [-0.2, 0) is 15.1 Å². The Balaban J connectivity index is 1.24. The van der Waals surface area contributed by atoms with Crippen LogP contribution in [0, 0.1) is 0 Å². The van der Waals surface area contributed by atoms with E-state index in [0.717, 1.165) is 30.1 Å². The average Bonchev–Trinajstić information content (AvgIpc) is 3.03. The SMILES string of the molecule is CC1(c2ccc3c(c2)OCCCO3)NC(=O)N(CC(=O)Nc2ccc(N3CCCCC3)cc2)C1=O. The minimum Gasteiger partial charge on any atom is -0.490 e. The van der Waals surface area contributed by atoms with E-state index in [0.29, 0.717) is 36.0 Å². The molecule has 2 N–H and O–H groups in total. The van der Waals surface area contributed by atoms with Crippen molar-refractivity contribution in [3.63, 3.8) is 0 Å². The topological polar surface area (TPSA) is 100 Å². The van der Waals surface area contributed by atoms with Crippen molar-refractivity contribution >= 4 is 29.2 Å². The fourth-order valence-corrected chi connectivity index (χ4v) is 4.76. The Morgan fingerprint density at radius 3 is 2.43 bits per heavy atom. The molecule has 0 bridgehead atoms. The highest BCUT2D eigenvalue weighted by Gasteiger charge is 2.49. The summed E-state index contributed by atoms with van der Waals surface area (Å²) in [5.74, 6) is 0.205. The second-order valence-corrected chi connectivity index (χ2v) is 9.30. The molecule has 3 aliphatic rings. The summed E-state index contributed by atoms with van der Waals surface area (Å²) in [6.07, 6.45) is 4.41. The highest BCUT2D eigenvalue weighted by molar-refractivity contribution is 6.10. The van der Waals surface area contributed by atoms with Crippen molar-refractivity contribution in [2.45, 2.75) is 38.1 Å². The molecule has 4 amide bonds. The standard InChI is InChI=1S/C26H30N4O5/c1-26(18-6-11-21-22(16-18)35-15-5-14-34-21)24(32)30(25(33)28-26)17-23(31)27-19-7-9-20(10-8-19)29-12-3-2-4-13-29/h6-11,16H,2-5,12-15,17H2,1H3,(H,27,31)(H,28,33). The molecule has 2 aromatic rings. The number of fused-ring (bicyclic) bond motifs is 1. The zero-order chi connectivity index (χ0) is 24.4. The fraction of sp³-hybridized carbons (Fsp3) is 0.423. The third-order valence-electron chi connectivity index (χ3n) is 6.77. The number of hydrogen-bond acceptors (Lipinski definition) is 6. The van der Waals surface area contributed by atoms with Gasteiger partial charge in [0.05, 0.1) is 13.2 Å². The van der Waals surface area contributed by atoms with Crippen LogP contribution in [0.5, 0.6) is 11.5 Å². The number of piperidine rings is 1. The first-order chi connectivity index (χ1) is 16.9. The second-order valence-electron chi connectivity index (χ2n) is 9.30. The summed E-state index contributed by atoms with van der Waals surface area (Å²) in [5.41, 5.74) is 1.01. The van der Waals surface area contributed by atoms with Gasteiger partial charge in [-0.15, -0.1) is 0 Å². The molecule has 9 heteroatoms. The van der Waals surface area contributed by atoms with Crippen molar-refractivity contribution in [1.82, 2.24) is 10.2 Å². The number of urea groups is 1. The lowest BCUT2D eigenvalue weighted by atomic mass is 9.91. The summed E-state index contributed by atoms with van der Waals surface area (Å²) in [6.45, 7) is 4.41. The molecule has 2 aromatic carbocycles. The molecule has 3 heterocycles. The van der Waals surface area contributed by atoms with E-state index < -0.39 is 23.4 Å². The van der Waals surface area contributed by atoms with E-state index in [2.05, 4.69) is 15.5 Å². The Labute approximate surface area is 204 Å².